The summed E-state index contributed by atoms with van der Waals surface area (Å²) < 4.78 is 2.08. The van der Waals surface area contributed by atoms with Gasteiger partial charge in [0.2, 0.25) is 0 Å². The normalized spacial score (nSPS) is 14.0. The lowest BCUT2D eigenvalue weighted by Gasteiger charge is -2.28. The number of hydroxylamine groups is 1. The molecule has 0 fully saturated rings. The van der Waals surface area contributed by atoms with Crippen molar-refractivity contribution in [3.8, 4) is 22.5 Å². The van der Waals surface area contributed by atoms with Crippen LogP contribution in [0.2, 0.25) is 0 Å². The van der Waals surface area contributed by atoms with Crippen LogP contribution in [0.1, 0.15) is 38.3 Å². The molecule has 4 rings (SSSR count). The van der Waals surface area contributed by atoms with E-state index in [4.69, 9.17) is 4.84 Å². The van der Waals surface area contributed by atoms with Gasteiger partial charge in [-0.1, -0.05) is 61.0 Å². The van der Waals surface area contributed by atoms with Crippen LogP contribution in [0.15, 0.2) is 48.5 Å². The zero-order valence-corrected chi connectivity index (χ0v) is 15.5. The predicted octanol–water partition coefficient (Wildman–Crippen LogP) is 4.85. The average molecular weight is 348 g/mol. The number of rotatable bonds is 4. The number of para-hydroxylation sites is 1. The molecule has 1 aliphatic heterocycles. The number of aromatic nitrogens is 3. The van der Waals surface area contributed by atoms with E-state index in [9.17, 15) is 0 Å². The van der Waals surface area contributed by atoms with Crippen LogP contribution < -0.4 is 5.06 Å². The van der Waals surface area contributed by atoms with Gasteiger partial charge >= 0.3 is 0 Å². The van der Waals surface area contributed by atoms with Gasteiger partial charge in [-0.3, -0.25) is 4.84 Å². The summed E-state index contributed by atoms with van der Waals surface area (Å²) in [5.41, 5.74) is 6.46. The Labute approximate surface area is 154 Å². The van der Waals surface area contributed by atoms with Crippen molar-refractivity contribution in [3.63, 3.8) is 0 Å². The summed E-state index contributed by atoms with van der Waals surface area (Å²) in [6.45, 7) is 5.08. The molecule has 134 valence electrons. The SMILES string of the molecule is CCCC(C)n1nnc2c1-c1ccccc1N(OC)Cc1ccccc1-2. The Morgan fingerprint density at radius 3 is 2.58 bits per heavy atom. The minimum atomic E-state index is 0.284. The Balaban J connectivity index is 2.03. The molecule has 1 aromatic heterocycles. The Morgan fingerprint density at radius 2 is 1.81 bits per heavy atom. The Hall–Kier alpha value is -2.66. The van der Waals surface area contributed by atoms with Crippen LogP contribution in [0, 0.1) is 0 Å². The smallest absolute Gasteiger partial charge is 0.121 e. The Morgan fingerprint density at radius 1 is 1.08 bits per heavy atom. The number of benzene rings is 2. The summed E-state index contributed by atoms with van der Waals surface area (Å²) in [4.78, 5) is 5.73. The van der Waals surface area contributed by atoms with E-state index in [0.29, 0.717) is 6.54 Å². The lowest BCUT2D eigenvalue weighted by molar-refractivity contribution is 0.163. The second kappa shape index (κ2) is 6.92. The van der Waals surface area contributed by atoms with Crippen LogP contribution in [0.25, 0.3) is 22.5 Å². The van der Waals surface area contributed by atoms with Gasteiger partial charge in [0.1, 0.15) is 5.69 Å². The average Bonchev–Trinajstić information content (AvgIpc) is 3.10. The zero-order valence-electron chi connectivity index (χ0n) is 15.5. The number of anilines is 1. The van der Waals surface area contributed by atoms with Gasteiger partial charge in [-0.25, -0.2) is 9.75 Å². The molecule has 1 atom stereocenters. The molecule has 0 saturated heterocycles. The number of nitrogens with zero attached hydrogens (tertiary/aromatic N) is 4. The van der Waals surface area contributed by atoms with Gasteiger partial charge in [-0.15, -0.1) is 5.10 Å². The predicted molar refractivity (Wildman–Crippen MR) is 104 cm³/mol. The molecule has 1 unspecified atom stereocenters. The largest absolute Gasteiger partial charge is 0.276 e. The van der Waals surface area contributed by atoms with E-state index in [0.717, 1.165) is 41.0 Å². The van der Waals surface area contributed by atoms with E-state index in [2.05, 4.69) is 71.3 Å². The van der Waals surface area contributed by atoms with Crippen molar-refractivity contribution >= 4 is 5.69 Å². The number of fused-ring (bicyclic) bond motifs is 5. The molecule has 0 saturated carbocycles. The summed E-state index contributed by atoms with van der Waals surface area (Å²) in [5.74, 6) is 0. The summed E-state index contributed by atoms with van der Waals surface area (Å²) in [6.07, 6.45) is 2.17. The maximum absolute atomic E-state index is 5.73. The van der Waals surface area contributed by atoms with Crippen LogP contribution in [0.4, 0.5) is 5.69 Å². The fourth-order valence-corrected chi connectivity index (χ4v) is 3.76. The van der Waals surface area contributed by atoms with Crippen LogP contribution >= 0.6 is 0 Å². The summed E-state index contributed by atoms with van der Waals surface area (Å²) in [6, 6.07) is 17.0. The quantitative estimate of drug-likeness (QED) is 0.676. The van der Waals surface area contributed by atoms with Crippen molar-refractivity contribution in [2.75, 3.05) is 12.2 Å². The third-order valence-electron chi connectivity index (χ3n) is 5.05. The van der Waals surface area contributed by atoms with E-state index in [1.807, 2.05) is 11.1 Å². The van der Waals surface area contributed by atoms with Crippen LogP contribution in [-0.4, -0.2) is 22.1 Å². The van der Waals surface area contributed by atoms with E-state index in [-0.39, 0.29) is 6.04 Å². The first-order valence-electron chi connectivity index (χ1n) is 9.19. The second-order valence-corrected chi connectivity index (χ2v) is 6.76. The maximum atomic E-state index is 5.73. The fourth-order valence-electron chi connectivity index (χ4n) is 3.76. The first-order valence-corrected chi connectivity index (χ1v) is 9.19. The Bertz CT molecular complexity index is 918. The zero-order chi connectivity index (χ0) is 18.1. The van der Waals surface area contributed by atoms with Crippen LogP contribution in [0.5, 0.6) is 0 Å². The minimum absolute atomic E-state index is 0.284. The molecule has 0 amide bonds. The van der Waals surface area contributed by atoms with E-state index >= 15 is 0 Å². The topological polar surface area (TPSA) is 43.2 Å². The molecular formula is C21H24N4O. The standard InChI is InChI=1S/C21H24N4O/c1-4-9-15(2)25-21-18-12-7-8-13-19(18)24(26-3)14-16-10-5-6-11-17(16)20(21)22-23-25/h5-8,10-13,15H,4,9,14H2,1-3H3. The highest BCUT2D eigenvalue weighted by molar-refractivity contribution is 5.87. The molecule has 26 heavy (non-hydrogen) atoms. The van der Waals surface area contributed by atoms with Crippen LogP contribution in [-0.2, 0) is 11.4 Å². The third kappa shape index (κ3) is 2.69. The third-order valence-corrected chi connectivity index (χ3v) is 5.05. The van der Waals surface area contributed by atoms with E-state index < -0.39 is 0 Å². The van der Waals surface area contributed by atoms with E-state index in [1.54, 1.807) is 7.11 Å². The van der Waals surface area contributed by atoms with Gasteiger partial charge in [0.15, 0.2) is 0 Å². The first-order chi connectivity index (χ1) is 12.7. The van der Waals surface area contributed by atoms with Gasteiger partial charge < -0.3 is 0 Å². The molecule has 5 heteroatoms. The minimum Gasteiger partial charge on any atom is -0.276 e. The highest BCUT2D eigenvalue weighted by atomic mass is 16.7. The monoisotopic (exact) mass is 348 g/mol. The van der Waals surface area contributed by atoms with Gasteiger partial charge in [0.25, 0.3) is 0 Å². The van der Waals surface area contributed by atoms with Crippen molar-refractivity contribution in [2.45, 2.75) is 39.3 Å². The van der Waals surface area contributed by atoms with E-state index in [1.165, 1.54) is 5.56 Å². The molecule has 2 aromatic carbocycles. The summed E-state index contributed by atoms with van der Waals surface area (Å²) in [5, 5.41) is 11.1. The van der Waals surface area contributed by atoms with Gasteiger partial charge in [-0.05, 0) is 25.0 Å². The molecule has 0 radical (unpaired) electrons. The second-order valence-electron chi connectivity index (χ2n) is 6.76. The summed E-state index contributed by atoms with van der Waals surface area (Å²) in [7, 11) is 1.72. The highest BCUT2D eigenvalue weighted by Crippen LogP contribution is 2.42. The molecule has 2 heterocycles. The van der Waals surface area contributed by atoms with Crippen molar-refractivity contribution in [3.05, 3.63) is 54.1 Å². The highest BCUT2D eigenvalue weighted by Gasteiger charge is 2.27. The van der Waals surface area contributed by atoms with Gasteiger partial charge in [0.05, 0.1) is 31.1 Å². The molecular weight excluding hydrogens is 324 g/mol. The molecule has 1 aliphatic rings. The molecule has 3 aromatic rings. The summed E-state index contributed by atoms with van der Waals surface area (Å²) >= 11 is 0. The number of hydrogen-bond donors (Lipinski definition) is 0. The lowest BCUT2D eigenvalue weighted by atomic mass is 9.96. The molecule has 0 bridgehead atoms. The molecule has 0 spiro atoms. The van der Waals surface area contributed by atoms with Gasteiger partial charge in [0, 0.05) is 11.1 Å². The first kappa shape index (κ1) is 16.8. The van der Waals surface area contributed by atoms with Gasteiger partial charge in [-0.2, -0.15) is 0 Å². The molecule has 0 N–H and O–H groups in total. The molecule has 5 nitrogen and oxygen atoms in total. The molecule has 0 aliphatic carbocycles. The maximum Gasteiger partial charge on any atom is 0.121 e. The van der Waals surface area contributed by atoms with Crippen molar-refractivity contribution in [2.24, 2.45) is 0 Å². The Kier molecular flexibility index (Phi) is 4.47. The van der Waals surface area contributed by atoms with Crippen molar-refractivity contribution in [1.29, 1.82) is 0 Å². The number of hydrogen-bond acceptors (Lipinski definition) is 4. The fraction of sp³-hybridized carbons (Fsp3) is 0.333. The lowest BCUT2D eigenvalue weighted by Crippen LogP contribution is -2.23. The van der Waals surface area contributed by atoms with Crippen molar-refractivity contribution in [1.82, 2.24) is 15.0 Å². The van der Waals surface area contributed by atoms with Crippen molar-refractivity contribution < 1.29 is 4.84 Å². The van der Waals surface area contributed by atoms with Crippen LogP contribution in [0.3, 0.4) is 0 Å².